The highest BCUT2D eigenvalue weighted by atomic mass is 16.6. The quantitative estimate of drug-likeness (QED) is 0.437. The molecule has 0 aromatic carbocycles. The van der Waals surface area contributed by atoms with Crippen molar-refractivity contribution in [2.24, 2.45) is 11.8 Å². The number of unbranched alkanes of at least 4 members (excludes halogenated alkanes) is 1. The van der Waals surface area contributed by atoms with E-state index < -0.39 is 41.6 Å². The van der Waals surface area contributed by atoms with Crippen LogP contribution < -0.4 is 5.32 Å². The molecule has 0 radical (unpaired) electrons. The summed E-state index contributed by atoms with van der Waals surface area (Å²) < 4.78 is 11.5. The second-order valence-corrected chi connectivity index (χ2v) is 7.94. The van der Waals surface area contributed by atoms with Gasteiger partial charge in [-0.1, -0.05) is 20.3 Å². The van der Waals surface area contributed by atoms with Crippen LogP contribution in [0.15, 0.2) is 0 Å². The zero-order valence-corrected chi connectivity index (χ0v) is 17.0. The molecule has 0 aliphatic carbocycles. The predicted octanol–water partition coefficient (Wildman–Crippen LogP) is 0.611. The second kappa shape index (κ2) is 8.37. The molecule has 6 atom stereocenters. The van der Waals surface area contributed by atoms with Crippen LogP contribution in [-0.4, -0.2) is 71.3 Å². The molecule has 3 rings (SSSR count). The average molecular weight is 396 g/mol. The first-order chi connectivity index (χ1) is 13.5. The van der Waals surface area contributed by atoms with Crippen molar-refractivity contribution in [3.8, 4) is 0 Å². The molecule has 3 aliphatic rings. The lowest BCUT2D eigenvalue weighted by Gasteiger charge is -2.36. The van der Waals surface area contributed by atoms with Gasteiger partial charge < -0.3 is 24.8 Å². The van der Waals surface area contributed by atoms with E-state index in [0.717, 1.165) is 12.8 Å². The minimum absolute atomic E-state index is 0.231. The fourth-order valence-electron chi connectivity index (χ4n) is 5.19. The standard InChI is InChI=1S/C20H32N2O6/c1-4-7-10-21-17(24)16-20-9-8-13(28-20)14(19(26)27-6-3)15(20)18(25)22(16)12(5-2)11-23/h12-16,23H,4-11H2,1-3H3,(H,21,24)/t12-,13+,14-,15-,16?,20?/m0/s1. The third kappa shape index (κ3) is 3.10. The van der Waals surface area contributed by atoms with Crippen LogP contribution in [-0.2, 0) is 23.9 Å². The molecule has 2 N–H and O–H groups in total. The molecular formula is C20H32N2O6. The number of aliphatic hydroxyl groups is 1. The second-order valence-electron chi connectivity index (χ2n) is 7.94. The number of aliphatic hydroxyl groups excluding tert-OH is 1. The highest BCUT2D eigenvalue weighted by Crippen LogP contribution is 2.59. The zero-order valence-electron chi connectivity index (χ0n) is 17.0. The van der Waals surface area contributed by atoms with Crippen LogP contribution >= 0.6 is 0 Å². The van der Waals surface area contributed by atoms with Crippen molar-refractivity contribution in [2.75, 3.05) is 19.8 Å². The molecule has 3 saturated heterocycles. The van der Waals surface area contributed by atoms with Crippen molar-refractivity contribution < 1.29 is 29.0 Å². The maximum absolute atomic E-state index is 13.4. The Labute approximate surface area is 165 Å². The fraction of sp³-hybridized carbons (Fsp3) is 0.850. The van der Waals surface area contributed by atoms with E-state index in [1.807, 2.05) is 13.8 Å². The third-order valence-corrected chi connectivity index (χ3v) is 6.45. The summed E-state index contributed by atoms with van der Waals surface area (Å²) in [5.41, 5.74) is -1.02. The molecule has 2 amide bonds. The van der Waals surface area contributed by atoms with Crippen molar-refractivity contribution in [1.82, 2.24) is 10.2 Å². The smallest absolute Gasteiger partial charge is 0.312 e. The monoisotopic (exact) mass is 396 g/mol. The minimum Gasteiger partial charge on any atom is -0.466 e. The Morgan fingerprint density at radius 1 is 1.39 bits per heavy atom. The highest BCUT2D eigenvalue weighted by Gasteiger charge is 2.75. The lowest BCUT2D eigenvalue weighted by molar-refractivity contribution is -0.155. The van der Waals surface area contributed by atoms with E-state index in [9.17, 15) is 19.5 Å². The first-order valence-corrected chi connectivity index (χ1v) is 10.5. The summed E-state index contributed by atoms with van der Waals surface area (Å²) in [6.45, 7) is 6.15. The maximum atomic E-state index is 13.4. The molecule has 28 heavy (non-hydrogen) atoms. The SMILES string of the molecule is CCCCNC(=O)C1N([C@@H](CC)CO)C(=O)[C@@H]2[C@@H](C(=O)OCC)[C@H]3CCC12O3. The Hall–Kier alpha value is -1.67. The number of rotatable bonds is 9. The molecule has 2 unspecified atom stereocenters. The van der Waals surface area contributed by atoms with Crippen molar-refractivity contribution in [3.05, 3.63) is 0 Å². The molecule has 8 nitrogen and oxygen atoms in total. The minimum atomic E-state index is -1.02. The number of likely N-dealkylation sites (tertiary alicyclic amines) is 1. The third-order valence-electron chi connectivity index (χ3n) is 6.45. The van der Waals surface area contributed by atoms with Gasteiger partial charge in [-0.3, -0.25) is 14.4 Å². The Morgan fingerprint density at radius 3 is 2.75 bits per heavy atom. The number of hydrogen-bond acceptors (Lipinski definition) is 6. The van der Waals surface area contributed by atoms with E-state index in [1.165, 1.54) is 4.90 Å². The highest BCUT2D eigenvalue weighted by molar-refractivity contribution is 5.98. The van der Waals surface area contributed by atoms with E-state index in [1.54, 1.807) is 6.92 Å². The predicted molar refractivity (Wildman–Crippen MR) is 100 cm³/mol. The molecule has 8 heteroatoms. The van der Waals surface area contributed by atoms with Gasteiger partial charge in [0.1, 0.15) is 11.6 Å². The Balaban J connectivity index is 1.97. The summed E-state index contributed by atoms with van der Waals surface area (Å²) in [6, 6.07) is -1.32. The van der Waals surface area contributed by atoms with E-state index in [2.05, 4.69) is 5.32 Å². The average Bonchev–Trinajstić information content (AvgIpc) is 3.31. The van der Waals surface area contributed by atoms with Crippen molar-refractivity contribution in [3.63, 3.8) is 0 Å². The molecule has 158 valence electrons. The van der Waals surface area contributed by atoms with Crippen molar-refractivity contribution in [1.29, 1.82) is 0 Å². The number of ether oxygens (including phenoxy) is 2. The number of carbonyl (C=O) groups is 3. The zero-order chi connectivity index (χ0) is 20.5. The topological polar surface area (TPSA) is 105 Å². The summed E-state index contributed by atoms with van der Waals surface area (Å²) in [6.07, 6.45) is 3.07. The van der Waals surface area contributed by atoms with Gasteiger partial charge >= 0.3 is 5.97 Å². The largest absolute Gasteiger partial charge is 0.466 e. The number of carbonyl (C=O) groups excluding carboxylic acids is 3. The van der Waals surface area contributed by atoms with Gasteiger partial charge in [0.15, 0.2) is 0 Å². The summed E-state index contributed by atoms with van der Waals surface area (Å²) in [5, 5.41) is 12.8. The van der Waals surface area contributed by atoms with Crippen LogP contribution in [0.3, 0.4) is 0 Å². The van der Waals surface area contributed by atoms with Crippen LogP contribution in [0.4, 0.5) is 0 Å². The molecule has 0 aromatic rings. The van der Waals surface area contributed by atoms with Crippen LogP contribution in [0.25, 0.3) is 0 Å². The molecule has 1 spiro atoms. The number of esters is 1. The Bertz CT molecular complexity index is 622. The van der Waals surface area contributed by atoms with Gasteiger partial charge in [0.2, 0.25) is 11.8 Å². The maximum Gasteiger partial charge on any atom is 0.312 e. The first kappa shape index (κ1) is 21.0. The summed E-state index contributed by atoms with van der Waals surface area (Å²) in [4.78, 5) is 40.7. The van der Waals surface area contributed by atoms with E-state index in [0.29, 0.717) is 25.8 Å². The van der Waals surface area contributed by atoms with Crippen LogP contribution in [0.5, 0.6) is 0 Å². The number of nitrogens with zero attached hydrogens (tertiary/aromatic N) is 1. The van der Waals surface area contributed by atoms with Gasteiger partial charge in [0, 0.05) is 6.54 Å². The van der Waals surface area contributed by atoms with E-state index >= 15 is 0 Å². The Kier molecular flexibility index (Phi) is 6.29. The summed E-state index contributed by atoms with van der Waals surface area (Å²) in [5.74, 6) is -2.39. The molecule has 3 heterocycles. The normalized spacial score (nSPS) is 34.4. The molecular weight excluding hydrogens is 364 g/mol. The van der Waals surface area contributed by atoms with Gasteiger partial charge in [-0.15, -0.1) is 0 Å². The number of fused-ring (bicyclic) bond motifs is 1. The van der Waals surface area contributed by atoms with Crippen molar-refractivity contribution >= 4 is 17.8 Å². The molecule has 0 aromatic heterocycles. The van der Waals surface area contributed by atoms with E-state index in [4.69, 9.17) is 9.47 Å². The van der Waals surface area contributed by atoms with Gasteiger partial charge in [0.25, 0.3) is 0 Å². The summed E-state index contributed by atoms with van der Waals surface area (Å²) in [7, 11) is 0. The first-order valence-electron chi connectivity index (χ1n) is 10.5. The molecule has 0 saturated carbocycles. The number of nitrogens with one attached hydrogen (secondary N) is 1. The fourth-order valence-corrected chi connectivity index (χ4v) is 5.19. The number of amides is 2. The van der Waals surface area contributed by atoms with Crippen LogP contribution in [0.1, 0.15) is 52.9 Å². The Morgan fingerprint density at radius 2 is 2.14 bits per heavy atom. The van der Waals surface area contributed by atoms with Gasteiger partial charge in [-0.2, -0.15) is 0 Å². The van der Waals surface area contributed by atoms with Crippen molar-refractivity contribution in [2.45, 2.75) is 76.7 Å². The van der Waals surface area contributed by atoms with Crippen LogP contribution in [0.2, 0.25) is 0 Å². The summed E-state index contributed by atoms with van der Waals surface area (Å²) >= 11 is 0. The lowest BCUT2D eigenvalue weighted by Crippen LogP contribution is -2.58. The number of hydrogen-bond donors (Lipinski definition) is 2. The van der Waals surface area contributed by atoms with Crippen LogP contribution in [0, 0.1) is 11.8 Å². The van der Waals surface area contributed by atoms with Gasteiger partial charge in [0.05, 0.1) is 37.2 Å². The van der Waals surface area contributed by atoms with E-state index in [-0.39, 0.29) is 25.0 Å². The van der Waals surface area contributed by atoms with Gasteiger partial charge in [-0.25, -0.2) is 0 Å². The molecule has 3 aliphatic heterocycles. The molecule has 3 fully saturated rings. The van der Waals surface area contributed by atoms with Gasteiger partial charge in [-0.05, 0) is 32.6 Å². The molecule has 2 bridgehead atoms. The lowest BCUT2D eigenvalue weighted by atomic mass is 9.71.